The molecule has 0 amide bonds. The Morgan fingerprint density at radius 2 is 2.07 bits per heavy atom. The quantitative estimate of drug-likeness (QED) is 0.802. The van der Waals surface area contributed by atoms with Crippen LogP contribution in [0.5, 0.6) is 0 Å². The van der Waals surface area contributed by atoms with E-state index in [4.69, 9.17) is 0 Å². The molecule has 1 heterocycles. The molecule has 1 fully saturated rings. The van der Waals surface area contributed by atoms with Crippen molar-refractivity contribution in [3.8, 4) is 0 Å². The van der Waals surface area contributed by atoms with Crippen LogP contribution in [0.1, 0.15) is 24.3 Å². The first-order valence-corrected chi connectivity index (χ1v) is 6.24. The lowest BCUT2D eigenvalue weighted by molar-refractivity contribution is 0.128. The van der Waals surface area contributed by atoms with E-state index in [1.165, 1.54) is 23.3 Å². The zero-order valence-electron chi connectivity index (χ0n) is 8.02. The number of rotatable bonds is 2. The van der Waals surface area contributed by atoms with Crippen LogP contribution in [0.15, 0.2) is 29.2 Å². The molecule has 1 N–H and O–H groups in total. The third-order valence-electron chi connectivity index (χ3n) is 3.25. The maximum Gasteiger partial charge on any atom is 0.0645 e. The van der Waals surface area contributed by atoms with Crippen LogP contribution >= 0.6 is 11.8 Å². The molecule has 14 heavy (non-hydrogen) atoms. The van der Waals surface area contributed by atoms with Crippen LogP contribution in [0.4, 0.5) is 0 Å². The molecular formula is C12H14OS. The molecule has 74 valence electrons. The van der Waals surface area contributed by atoms with Gasteiger partial charge in [0.1, 0.15) is 0 Å². The van der Waals surface area contributed by atoms with Crippen LogP contribution in [0.2, 0.25) is 0 Å². The van der Waals surface area contributed by atoms with Crippen molar-refractivity contribution in [3.63, 3.8) is 0 Å². The molecule has 2 atom stereocenters. The molecule has 0 spiro atoms. The predicted octanol–water partition coefficient (Wildman–Crippen LogP) is 2.65. The highest BCUT2D eigenvalue weighted by Gasteiger charge is 2.38. The van der Waals surface area contributed by atoms with Gasteiger partial charge in [0.15, 0.2) is 0 Å². The zero-order chi connectivity index (χ0) is 9.54. The largest absolute Gasteiger partial charge is 0.392 e. The lowest BCUT2D eigenvalue weighted by Gasteiger charge is -2.17. The molecule has 1 aliphatic carbocycles. The van der Waals surface area contributed by atoms with Gasteiger partial charge in [-0.25, -0.2) is 0 Å². The molecule has 0 bridgehead atoms. The van der Waals surface area contributed by atoms with E-state index in [1.54, 1.807) is 0 Å². The molecular weight excluding hydrogens is 192 g/mol. The van der Waals surface area contributed by atoms with E-state index in [0.29, 0.717) is 11.8 Å². The Hall–Kier alpha value is -0.470. The van der Waals surface area contributed by atoms with E-state index in [1.807, 2.05) is 11.8 Å². The maximum atomic E-state index is 10.1. The van der Waals surface area contributed by atoms with Crippen molar-refractivity contribution in [2.45, 2.75) is 29.8 Å². The molecule has 1 aromatic rings. The van der Waals surface area contributed by atoms with E-state index in [-0.39, 0.29) is 6.10 Å². The van der Waals surface area contributed by atoms with Gasteiger partial charge in [0.25, 0.3) is 0 Å². The van der Waals surface area contributed by atoms with E-state index < -0.39 is 0 Å². The van der Waals surface area contributed by atoms with Crippen molar-refractivity contribution in [2.24, 2.45) is 5.92 Å². The number of benzene rings is 1. The minimum atomic E-state index is -0.0915. The second-order valence-corrected chi connectivity index (χ2v) is 5.35. The maximum absolute atomic E-state index is 10.1. The highest BCUT2D eigenvalue weighted by atomic mass is 32.2. The summed E-state index contributed by atoms with van der Waals surface area (Å²) < 4.78 is 0. The summed E-state index contributed by atoms with van der Waals surface area (Å²) in [6.45, 7) is 0. The van der Waals surface area contributed by atoms with Gasteiger partial charge < -0.3 is 5.11 Å². The number of hydrogen-bond acceptors (Lipinski definition) is 2. The predicted molar refractivity (Wildman–Crippen MR) is 58.6 cm³/mol. The van der Waals surface area contributed by atoms with Gasteiger partial charge in [0.05, 0.1) is 6.10 Å². The summed E-state index contributed by atoms with van der Waals surface area (Å²) >= 11 is 1.89. The summed E-state index contributed by atoms with van der Waals surface area (Å²) in [5.74, 6) is 2.05. The van der Waals surface area contributed by atoms with Crippen LogP contribution in [0, 0.1) is 5.92 Å². The van der Waals surface area contributed by atoms with Crippen LogP contribution in [0.3, 0.4) is 0 Å². The summed E-state index contributed by atoms with van der Waals surface area (Å²) in [5, 5.41) is 10.1. The Morgan fingerprint density at radius 1 is 1.29 bits per heavy atom. The number of fused-ring (bicyclic) bond motifs is 1. The molecule has 1 nitrogen and oxygen atoms in total. The Bertz CT molecular complexity index is 346. The van der Waals surface area contributed by atoms with Gasteiger partial charge in [0, 0.05) is 16.6 Å². The molecule has 2 unspecified atom stereocenters. The Labute approximate surface area is 88.5 Å². The highest BCUT2D eigenvalue weighted by molar-refractivity contribution is 7.99. The lowest BCUT2D eigenvalue weighted by Crippen LogP contribution is -2.20. The first-order chi connectivity index (χ1) is 6.86. The topological polar surface area (TPSA) is 20.2 Å². The number of aliphatic hydroxyl groups excluding tert-OH is 1. The summed E-state index contributed by atoms with van der Waals surface area (Å²) in [5.41, 5.74) is 1.37. The van der Waals surface area contributed by atoms with Crippen molar-refractivity contribution in [1.29, 1.82) is 0 Å². The van der Waals surface area contributed by atoms with Crippen molar-refractivity contribution in [2.75, 3.05) is 5.75 Å². The molecule has 0 radical (unpaired) electrons. The molecule has 1 saturated carbocycles. The summed E-state index contributed by atoms with van der Waals surface area (Å²) in [6.07, 6.45) is 2.36. The van der Waals surface area contributed by atoms with Crippen LogP contribution in [-0.4, -0.2) is 17.0 Å². The molecule has 3 rings (SSSR count). The van der Waals surface area contributed by atoms with Gasteiger partial charge in [-0.05, 0) is 30.4 Å². The highest BCUT2D eigenvalue weighted by Crippen LogP contribution is 2.46. The molecule has 1 aromatic carbocycles. The van der Waals surface area contributed by atoms with Crippen molar-refractivity contribution in [3.05, 3.63) is 29.8 Å². The summed E-state index contributed by atoms with van der Waals surface area (Å²) in [6, 6.07) is 8.50. The van der Waals surface area contributed by atoms with Gasteiger partial charge in [-0.15, -0.1) is 11.8 Å². The fraction of sp³-hybridized carbons (Fsp3) is 0.500. The van der Waals surface area contributed by atoms with Crippen molar-refractivity contribution >= 4 is 11.8 Å². The van der Waals surface area contributed by atoms with Crippen molar-refractivity contribution < 1.29 is 5.11 Å². The fourth-order valence-electron chi connectivity index (χ4n) is 2.24. The molecule has 1 aliphatic heterocycles. The Morgan fingerprint density at radius 3 is 2.86 bits per heavy atom. The standard InChI is InChI=1S/C12H14OS/c13-12(8-5-6-8)10-7-14-11-4-2-1-3-9(10)11/h1-4,8,10,12-13H,5-7H2. The minimum Gasteiger partial charge on any atom is -0.392 e. The molecule has 0 saturated heterocycles. The Balaban J connectivity index is 1.89. The van der Waals surface area contributed by atoms with E-state index in [2.05, 4.69) is 24.3 Å². The van der Waals surface area contributed by atoms with Crippen molar-refractivity contribution in [1.82, 2.24) is 0 Å². The van der Waals surface area contributed by atoms with Gasteiger partial charge in [-0.1, -0.05) is 18.2 Å². The third kappa shape index (κ3) is 1.37. The number of aliphatic hydroxyl groups is 1. The second kappa shape index (κ2) is 3.28. The third-order valence-corrected chi connectivity index (χ3v) is 4.46. The van der Waals surface area contributed by atoms with E-state index >= 15 is 0 Å². The minimum absolute atomic E-state index is 0.0915. The lowest BCUT2D eigenvalue weighted by atomic mass is 9.93. The second-order valence-electron chi connectivity index (χ2n) is 4.28. The average Bonchev–Trinajstić information content (AvgIpc) is 2.97. The van der Waals surface area contributed by atoms with Gasteiger partial charge in [0.2, 0.25) is 0 Å². The molecule has 2 aliphatic rings. The van der Waals surface area contributed by atoms with E-state index in [9.17, 15) is 5.11 Å². The van der Waals surface area contributed by atoms with E-state index in [0.717, 1.165) is 5.75 Å². The monoisotopic (exact) mass is 206 g/mol. The van der Waals surface area contributed by atoms with Crippen LogP contribution in [0.25, 0.3) is 0 Å². The molecule has 0 aromatic heterocycles. The van der Waals surface area contributed by atoms with Gasteiger partial charge in [-0.2, -0.15) is 0 Å². The summed E-state index contributed by atoms with van der Waals surface area (Å²) in [4.78, 5) is 1.37. The normalized spacial score (nSPS) is 27.4. The molecule has 2 heteroatoms. The smallest absolute Gasteiger partial charge is 0.0645 e. The summed E-state index contributed by atoms with van der Waals surface area (Å²) in [7, 11) is 0. The van der Waals surface area contributed by atoms with Gasteiger partial charge in [-0.3, -0.25) is 0 Å². The SMILES string of the molecule is OC(C1CC1)C1CSc2ccccc21. The zero-order valence-corrected chi connectivity index (χ0v) is 8.83. The average molecular weight is 206 g/mol. The van der Waals surface area contributed by atoms with Gasteiger partial charge >= 0.3 is 0 Å². The van der Waals surface area contributed by atoms with Crippen LogP contribution < -0.4 is 0 Å². The van der Waals surface area contributed by atoms with Crippen LogP contribution in [-0.2, 0) is 0 Å². The Kier molecular flexibility index (Phi) is 2.06. The number of hydrogen-bond donors (Lipinski definition) is 1. The first kappa shape index (κ1) is 8.81. The first-order valence-electron chi connectivity index (χ1n) is 5.26. The number of thioether (sulfide) groups is 1. The fourth-order valence-corrected chi connectivity index (χ4v) is 3.53.